The molecule has 2 N–H and O–H groups in total. The van der Waals surface area contributed by atoms with E-state index >= 15 is 0 Å². The van der Waals surface area contributed by atoms with E-state index in [1.165, 1.54) is 12.1 Å². The van der Waals surface area contributed by atoms with Crippen LogP contribution in [0.5, 0.6) is 0 Å². The van der Waals surface area contributed by atoms with Gasteiger partial charge >= 0.3 is 11.9 Å². The fourth-order valence-electron chi connectivity index (χ4n) is 2.78. The van der Waals surface area contributed by atoms with Crippen LogP contribution in [0.25, 0.3) is 22.3 Å². The van der Waals surface area contributed by atoms with Crippen LogP contribution in [0, 0.1) is 12.3 Å². The van der Waals surface area contributed by atoms with Gasteiger partial charge in [0, 0.05) is 5.56 Å². The van der Waals surface area contributed by atoms with Crippen molar-refractivity contribution in [1.29, 1.82) is 0 Å². The lowest BCUT2D eigenvalue weighted by Crippen LogP contribution is -2.06. The standard InChI is InChI=1S/C22H14O4/c1-2-14-12-20(22(25)26)18(13-19(14)21(23)24)17-10-8-16(9-11-17)15-6-4-3-5-7-15/h1,3-13H,(H,23,24)(H,25,26). The number of carboxylic acid groups (broad SMARTS) is 2. The normalized spacial score (nSPS) is 10.1. The fraction of sp³-hybridized carbons (Fsp3) is 0. The molecule has 0 bridgehead atoms. The van der Waals surface area contributed by atoms with Crippen molar-refractivity contribution in [2.45, 2.75) is 0 Å². The largest absolute Gasteiger partial charge is 0.478 e. The Morgan fingerprint density at radius 3 is 1.81 bits per heavy atom. The second kappa shape index (κ2) is 6.96. The summed E-state index contributed by atoms with van der Waals surface area (Å²) >= 11 is 0. The summed E-state index contributed by atoms with van der Waals surface area (Å²) in [5.41, 5.74) is 2.84. The molecule has 0 spiro atoms. The predicted molar refractivity (Wildman–Crippen MR) is 99.2 cm³/mol. The average Bonchev–Trinajstić information content (AvgIpc) is 2.67. The summed E-state index contributed by atoms with van der Waals surface area (Å²) in [5.74, 6) is -0.126. The Hall–Kier alpha value is -3.84. The van der Waals surface area contributed by atoms with Gasteiger partial charge in [-0.15, -0.1) is 6.42 Å². The minimum atomic E-state index is -1.20. The van der Waals surface area contributed by atoms with E-state index < -0.39 is 11.9 Å². The third-order valence-electron chi connectivity index (χ3n) is 4.08. The lowest BCUT2D eigenvalue weighted by molar-refractivity contribution is 0.0681. The summed E-state index contributed by atoms with van der Waals surface area (Å²) in [7, 11) is 0. The molecule has 3 aromatic carbocycles. The van der Waals surface area contributed by atoms with Gasteiger partial charge in [0.1, 0.15) is 0 Å². The van der Waals surface area contributed by atoms with Gasteiger partial charge in [0.05, 0.1) is 11.1 Å². The number of hydrogen-bond acceptors (Lipinski definition) is 2. The van der Waals surface area contributed by atoms with Crippen molar-refractivity contribution >= 4 is 11.9 Å². The van der Waals surface area contributed by atoms with Crippen LogP contribution >= 0.6 is 0 Å². The maximum atomic E-state index is 11.6. The minimum Gasteiger partial charge on any atom is -0.478 e. The maximum absolute atomic E-state index is 11.6. The zero-order chi connectivity index (χ0) is 18.7. The molecule has 4 heteroatoms. The molecule has 3 rings (SSSR count). The lowest BCUT2D eigenvalue weighted by atomic mass is 9.92. The number of aromatic carboxylic acids is 2. The van der Waals surface area contributed by atoms with E-state index in [9.17, 15) is 19.8 Å². The van der Waals surface area contributed by atoms with Crippen LogP contribution in [0.3, 0.4) is 0 Å². The van der Waals surface area contributed by atoms with E-state index in [1.807, 2.05) is 42.5 Å². The molecular formula is C22H14O4. The second-order valence-electron chi connectivity index (χ2n) is 5.64. The molecule has 0 saturated carbocycles. The monoisotopic (exact) mass is 342 g/mol. The molecular weight excluding hydrogens is 328 g/mol. The van der Waals surface area contributed by atoms with Gasteiger partial charge in [0.25, 0.3) is 0 Å². The minimum absolute atomic E-state index is 0.0320. The Morgan fingerprint density at radius 1 is 0.731 bits per heavy atom. The molecule has 26 heavy (non-hydrogen) atoms. The smallest absolute Gasteiger partial charge is 0.336 e. The van der Waals surface area contributed by atoms with E-state index in [1.54, 1.807) is 12.1 Å². The van der Waals surface area contributed by atoms with Gasteiger partial charge in [-0.2, -0.15) is 0 Å². The zero-order valence-corrected chi connectivity index (χ0v) is 13.6. The van der Waals surface area contributed by atoms with Crippen molar-refractivity contribution in [1.82, 2.24) is 0 Å². The Bertz CT molecular complexity index is 1030. The third kappa shape index (κ3) is 3.19. The van der Waals surface area contributed by atoms with E-state index in [-0.39, 0.29) is 16.7 Å². The van der Waals surface area contributed by atoms with Gasteiger partial charge < -0.3 is 10.2 Å². The summed E-state index contributed by atoms with van der Waals surface area (Å²) in [4.78, 5) is 23.1. The van der Waals surface area contributed by atoms with Crippen molar-refractivity contribution in [2.24, 2.45) is 0 Å². The van der Waals surface area contributed by atoms with Gasteiger partial charge in [0.2, 0.25) is 0 Å². The number of benzene rings is 3. The quantitative estimate of drug-likeness (QED) is 0.689. The van der Waals surface area contributed by atoms with Crippen LogP contribution in [0.2, 0.25) is 0 Å². The first-order valence-electron chi connectivity index (χ1n) is 7.78. The third-order valence-corrected chi connectivity index (χ3v) is 4.08. The topological polar surface area (TPSA) is 74.6 Å². The Labute approximate surface area is 150 Å². The number of carbonyl (C=O) groups is 2. The van der Waals surface area contributed by atoms with Crippen LogP contribution in [-0.2, 0) is 0 Å². The van der Waals surface area contributed by atoms with Gasteiger partial charge in [-0.25, -0.2) is 9.59 Å². The number of hydrogen-bond donors (Lipinski definition) is 2. The molecule has 0 amide bonds. The van der Waals surface area contributed by atoms with Crippen LogP contribution in [0.15, 0.2) is 66.7 Å². The highest BCUT2D eigenvalue weighted by Gasteiger charge is 2.19. The molecule has 0 saturated heterocycles. The highest BCUT2D eigenvalue weighted by atomic mass is 16.4. The van der Waals surface area contributed by atoms with Crippen molar-refractivity contribution in [3.63, 3.8) is 0 Å². The molecule has 0 aliphatic heterocycles. The number of carboxylic acids is 2. The Balaban J connectivity index is 2.14. The molecule has 4 nitrogen and oxygen atoms in total. The van der Waals surface area contributed by atoms with Gasteiger partial charge in [-0.1, -0.05) is 60.5 Å². The molecule has 0 radical (unpaired) electrons. The Morgan fingerprint density at radius 2 is 1.27 bits per heavy atom. The first kappa shape index (κ1) is 17.0. The molecule has 0 unspecified atom stereocenters. The number of terminal acetylenes is 1. The van der Waals surface area contributed by atoms with Crippen molar-refractivity contribution in [2.75, 3.05) is 0 Å². The van der Waals surface area contributed by atoms with E-state index in [0.29, 0.717) is 11.1 Å². The fourth-order valence-corrected chi connectivity index (χ4v) is 2.78. The number of rotatable bonds is 4. The lowest BCUT2D eigenvalue weighted by Gasteiger charge is -2.11. The molecule has 0 heterocycles. The van der Waals surface area contributed by atoms with Crippen LogP contribution in [-0.4, -0.2) is 22.2 Å². The van der Waals surface area contributed by atoms with E-state index in [0.717, 1.165) is 11.1 Å². The van der Waals surface area contributed by atoms with Crippen molar-refractivity contribution < 1.29 is 19.8 Å². The SMILES string of the molecule is C#Cc1cc(C(=O)O)c(-c2ccc(-c3ccccc3)cc2)cc1C(=O)O. The first-order valence-corrected chi connectivity index (χ1v) is 7.78. The van der Waals surface area contributed by atoms with Crippen LogP contribution < -0.4 is 0 Å². The van der Waals surface area contributed by atoms with Gasteiger partial charge in [-0.3, -0.25) is 0 Å². The van der Waals surface area contributed by atoms with Crippen molar-refractivity contribution in [3.8, 4) is 34.6 Å². The summed E-state index contributed by atoms with van der Waals surface area (Å²) < 4.78 is 0. The predicted octanol–water partition coefficient (Wildman–Crippen LogP) is 4.40. The molecule has 126 valence electrons. The molecule has 3 aromatic rings. The highest BCUT2D eigenvalue weighted by Crippen LogP contribution is 2.30. The van der Waals surface area contributed by atoms with Crippen LogP contribution in [0.4, 0.5) is 0 Å². The molecule has 0 fully saturated rings. The van der Waals surface area contributed by atoms with E-state index in [2.05, 4.69) is 5.92 Å². The summed E-state index contributed by atoms with van der Waals surface area (Å²) in [5, 5.41) is 18.8. The molecule has 0 aliphatic rings. The van der Waals surface area contributed by atoms with Gasteiger partial charge in [-0.05, 0) is 34.4 Å². The highest BCUT2D eigenvalue weighted by molar-refractivity contribution is 6.01. The van der Waals surface area contributed by atoms with E-state index in [4.69, 9.17) is 6.42 Å². The first-order chi connectivity index (χ1) is 12.5. The summed E-state index contributed by atoms with van der Waals surface area (Å²) in [6.45, 7) is 0. The zero-order valence-electron chi connectivity index (χ0n) is 13.6. The molecule has 0 aromatic heterocycles. The molecule has 0 aliphatic carbocycles. The maximum Gasteiger partial charge on any atom is 0.336 e. The average molecular weight is 342 g/mol. The Kier molecular flexibility index (Phi) is 4.55. The van der Waals surface area contributed by atoms with Crippen molar-refractivity contribution in [3.05, 3.63) is 83.4 Å². The summed E-state index contributed by atoms with van der Waals surface area (Å²) in [6, 6.07) is 19.6. The molecule has 0 atom stereocenters. The van der Waals surface area contributed by atoms with Gasteiger partial charge in [0.15, 0.2) is 0 Å². The second-order valence-corrected chi connectivity index (χ2v) is 5.64. The summed E-state index contributed by atoms with van der Waals surface area (Å²) in [6.07, 6.45) is 5.32. The van der Waals surface area contributed by atoms with Crippen LogP contribution in [0.1, 0.15) is 26.3 Å².